The number of esters is 1. The fourth-order valence-electron chi connectivity index (χ4n) is 2.49. The number of hydrogen-bond acceptors (Lipinski definition) is 6. The van der Waals surface area contributed by atoms with Gasteiger partial charge in [0.15, 0.2) is 12.4 Å². The average Bonchev–Trinajstić information content (AvgIpc) is 3.29. The third-order valence-electron chi connectivity index (χ3n) is 3.84. The van der Waals surface area contributed by atoms with E-state index in [9.17, 15) is 23.2 Å². The van der Waals surface area contributed by atoms with Crippen LogP contribution < -0.4 is 10.6 Å². The van der Waals surface area contributed by atoms with Crippen LogP contribution in [0.3, 0.4) is 0 Å². The quantitative estimate of drug-likeness (QED) is 0.386. The number of thioether (sulfide) groups is 1. The zero-order chi connectivity index (χ0) is 22.2. The van der Waals surface area contributed by atoms with Crippen molar-refractivity contribution >= 4 is 40.9 Å². The van der Waals surface area contributed by atoms with Crippen LogP contribution in [0.2, 0.25) is 0 Å². The fraction of sp³-hybridized carbons (Fsp3) is 0.0952. The summed E-state index contributed by atoms with van der Waals surface area (Å²) in [6.07, 6.45) is 1.35. The van der Waals surface area contributed by atoms with E-state index in [0.717, 1.165) is 0 Å². The molecule has 31 heavy (non-hydrogen) atoms. The van der Waals surface area contributed by atoms with Crippen molar-refractivity contribution in [1.82, 2.24) is 0 Å². The highest BCUT2D eigenvalue weighted by Crippen LogP contribution is 2.26. The molecular weight excluding hydrogens is 430 g/mol. The number of alkyl halides is 2. The standard InChI is InChI=1S/C21H16F2N2O5S/c22-21(23)31-14-9-7-13(8-10-14)24-18(26)12-30-20(28)15-4-1-2-5-16(15)25-19(27)17-6-3-11-29-17/h1-11,21H,12H2,(H,24,26)(H,25,27). The lowest BCUT2D eigenvalue weighted by atomic mass is 10.1. The van der Waals surface area contributed by atoms with Crippen molar-refractivity contribution in [3.63, 3.8) is 0 Å². The Morgan fingerprint density at radius 2 is 1.71 bits per heavy atom. The molecular formula is C21H16F2N2O5S. The number of carbonyl (C=O) groups excluding carboxylic acids is 3. The zero-order valence-corrected chi connectivity index (χ0v) is 16.7. The van der Waals surface area contributed by atoms with Crippen LogP contribution in [-0.4, -0.2) is 30.1 Å². The van der Waals surface area contributed by atoms with Gasteiger partial charge in [-0.05, 0) is 48.5 Å². The van der Waals surface area contributed by atoms with Crippen LogP contribution in [0.25, 0.3) is 0 Å². The second-order valence-electron chi connectivity index (χ2n) is 6.00. The molecule has 1 heterocycles. The van der Waals surface area contributed by atoms with Crippen molar-refractivity contribution in [1.29, 1.82) is 0 Å². The van der Waals surface area contributed by atoms with E-state index >= 15 is 0 Å². The molecule has 160 valence electrons. The molecule has 0 aliphatic carbocycles. The van der Waals surface area contributed by atoms with Crippen LogP contribution in [0.4, 0.5) is 20.2 Å². The Kier molecular flexibility index (Phi) is 7.39. The minimum atomic E-state index is -2.54. The number of hydrogen-bond donors (Lipinski definition) is 2. The van der Waals surface area contributed by atoms with E-state index in [4.69, 9.17) is 9.15 Å². The van der Waals surface area contributed by atoms with Gasteiger partial charge in [-0.25, -0.2) is 4.79 Å². The number of anilines is 2. The van der Waals surface area contributed by atoms with E-state index in [1.807, 2.05) is 0 Å². The van der Waals surface area contributed by atoms with Gasteiger partial charge in [0.2, 0.25) is 0 Å². The van der Waals surface area contributed by atoms with E-state index in [-0.39, 0.29) is 17.0 Å². The largest absolute Gasteiger partial charge is 0.459 e. The summed E-state index contributed by atoms with van der Waals surface area (Å²) in [4.78, 5) is 36.9. The van der Waals surface area contributed by atoms with Gasteiger partial charge in [0.25, 0.3) is 17.6 Å². The van der Waals surface area contributed by atoms with E-state index in [0.29, 0.717) is 22.3 Å². The Hall–Kier alpha value is -3.66. The van der Waals surface area contributed by atoms with Crippen LogP contribution in [0, 0.1) is 0 Å². The van der Waals surface area contributed by atoms with Gasteiger partial charge >= 0.3 is 5.97 Å². The molecule has 0 saturated carbocycles. The average molecular weight is 446 g/mol. The number of furan rings is 1. The zero-order valence-electron chi connectivity index (χ0n) is 15.8. The van der Waals surface area contributed by atoms with E-state index in [1.165, 1.54) is 48.7 Å². The molecule has 0 atom stereocenters. The Labute approximate surface area is 179 Å². The van der Waals surface area contributed by atoms with Gasteiger partial charge in [-0.2, -0.15) is 8.78 Å². The molecule has 3 rings (SSSR count). The Morgan fingerprint density at radius 3 is 2.39 bits per heavy atom. The molecule has 0 aliphatic rings. The number of nitrogens with one attached hydrogen (secondary N) is 2. The van der Waals surface area contributed by atoms with E-state index < -0.39 is 30.1 Å². The summed E-state index contributed by atoms with van der Waals surface area (Å²) in [5, 5.41) is 5.05. The first-order valence-electron chi connectivity index (χ1n) is 8.88. The smallest absolute Gasteiger partial charge is 0.340 e. The lowest BCUT2D eigenvalue weighted by molar-refractivity contribution is -0.119. The van der Waals surface area contributed by atoms with Crippen molar-refractivity contribution in [3.8, 4) is 0 Å². The molecule has 2 N–H and O–H groups in total. The molecule has 0 fully saturated rings. The van der Waals surface area contributed by atoms with Crippen molar-refractivity contribution in [3.05, 3.63) is 78.3 Å². The maximum Gasteiger partial charge on any atom is 0.340 e. The topological polar surface area (TPSA) is 97.6 Å². The first kappa shape index (κ1) is 22.0. The maximum absolute atomic E-state index is 12.4. The summed E-state index contributed by atoms with van der Waals surface area (Å²) >= 11 is 0.391. The summed E-state index contributed by atoms with van der Waals surface area (Å²) in [5.41, 5.74) is 0.621. The van der Waals surface area contributed by atoms with Crippen LogP contribution in [-0.2, 0) is 9.53 Å². The second-order valence-corrected chi connectivity index (χ2v) is 7.07. The lowest BCUT2D eigenvalue weighted by Gasteiger charge is -2.11. The first-order chi connectivity index (χ1) is 14.9. The van der Waals surface area contributed by atoms with Gasteiger partial charge in [0.05, 0.1) is 17.5 Å². The maximum atomic E-state index is 12.4. The summed E-state index contributed by atoms with van der Waals surface area (Å²) in [5.74, 6) is -4.43. The van der Waals surface area contributed by atoms with Crippen LogP contribution in [0.15, 0.2) is 76.2 Å². The Bertz CT molecular complexity index is 1060. The van der Waals surface area contributed by atoms with E-state index in [2.05, 4.69) is 10.6 Å². The normalized spacial score (nSPS) is 10.5. The van der Waals surface area contributed by atoms with Crippen LogP contribution in [0.1, 0.15) is 20.9 Å². The SMILES string of the molecule is O=C(COC(=O)c1ccccc1NC(=O)c1ccco1)Nc1ccc(SC(F)F)cc1. The van der Waals surface area contributed by atoms with Crippen molar-refractivity contribution in [2.75, 3.05) is 17.2 Å². The molecule has 0 unspecified atom stereocenters. The van der Waals surface area contributed by atoms with Gasteiger partial charge in [-0.1, -0.05) is 23.9 Å². The third kappa shape index (κ3) is 6.41. The number of rotatable bonds is 8. The number of halogens is 2. The first-order valence-corrected chi connectivity index (χ1v) is 9.76. The molecule has 1 aromatic heterocycles. The predicted molar refractivity (Wildman–Crippen MR) is 110 cm³/mol. The van der Waals surface area contributed by atoms with Crippen molar-refractivity contribution < 1.29 is 32.3 Å². The monoisotopic (exact) mass is 446 g/mol. The minimum Gasteiger partial charge on any atom is -0.459 e. The predicted octanol–water partition coefficient (Wildman–Crippen LogP) is 4.64. The Balaban J connectivity index is 1.55. The number of ether oxygens (including phenoxy) is 1. The molecule has 0 radical (unpaired) electrons. The number of carbonyl (C=O) groups is 3. The highest BCUT2D eigenvalue weighted by Gasteiger charge is 2.17. The van der Waals surface area contributed by atoms with Gasteiger partial charge in [-0.3, -0.25) is 9.59 Å². The number of para-hydroxylation sites is 1. The lowest BCUT2D eigenvalue weighted by Crippen LogP contribution is -2.22. The third-order valence-corrected chi connectivity index (χ3v) is 4.56. The summed E-state index contributed by atoms with van der Waals surface area (Å²) in [6, 6.07) is 15.0. The molecule has 10 heteroatoms. The molecule has 2 aromatic carbocycles. The van der Waals surface area contributed by atoms with Gasteiger partial charge in [0.1, 0.15) is 0 Å². The van der Waals surface area contributed by atoms with Crippen molar-refractivity contribution in [2.45, 2.75) is 10.7 Å². The van der Waals surface area contributed by atoms with Crippen LogP contribution in [0.5, 0.6) is 0 Å². The van der Waals surface area contributed by atoms with Gasteiger partial charge in [-0.15, -0.1) is 0 Å². The summed E-state index contributed by atoms with van der Waals surface area (Å²) < 4.78 is 34.7. The number of benzene rings is 2. The molecule has 3 aromatic rings. The molecule has 7 nitrogen and oxygen atoms in total. The number of amides is 2. The molecule has 2 amide bonds. The fourth-order valence-corrected chi connectivity index (χ4v) is 2.99. The van der Waals surface area contributed by atoms with Gasteiger partial charge in [0, 0.05) is 10.6 Å². The minimum absolute atomic E-state index is 0.0589. The highest BCUT2D eigenvalue weighted by atomic mass is 32.2. The summed E-state index contributed by atoms with van der Waals surface area (Å²) in [7, 11) is 0. The second kappa shape index (κ2) is 10.4. The molecule has 0 aliphatic heterocycles. The molecule has 0 spiro atoms. The van der Waals surface area contributed by atoms with E-state index in [1.54, 1.807) is 18.2 Å². The molecule has 0 bridgehead atoms. The van der Waals surface area contributed by atoms with Crippen LogP contribution >= 0.6 is 11.8 Å². The van der Waals surface area contributed by atoms with Gasteiger partial charge < -0.3 is 19.8 Å². The highest BCUT2D eigenvalue weighted by molar-refractivity contribution is 7.99. The van der Waals surface area contributed by atoms with Crippen molar-refractivity contribution in [2.24, 2.45) is 0 Å². The summed E-state index contributed by atoms with van der Waals surface area (Å²) in [6.45, 7) is -0.577. The molecule has 0 saturated heterocycles. The Morgan fingerprint density at radius 1 is 0.968 bits per heavy atom.